The summed E-state index contributed by atoms with van der Waals surface area (Å²) in [5, 5.41) is -0.275. The van der Waals surface area contributed by atoms with Crippen LogP contribution in [0.4, 0.5) is 8.78 Å². The molecule has 2 rings (SSSR count). The smallest absolute Gasteiger partial charge is 0.127 e. The SMILES string of the molecule is Cc1cc(C(Cl)c2ccc(F)cc2I)c(Cl)cc1F. The number of hydrogen-bond acceptors (Lipinski definition) is 0. The van der Waals surface area contributed by atoms with Crippen LogP contribution in [0.25, 0.3) is 0 Å². The summed E-state index contributed by atoms with van der Waals surface area (Å²) in [7, 11) is 0. The maximum Gasteiger partial charge on any atom is 0.127 e. The Kier molecular flexibility index (Phi) is 4.69. The molecule has 0 nitrogen and oxygen atoms in total. The molecule has 1 atom stereocenters. The normalized spacial score (nSPS) is 12.5. The lowest BCUT2D eigenvalue weighted by Gasteiger charge is -2.15. The van der Waals surface area contributed by atoms with E-state index in [1.807, 2.05) is 22.6 Å². The third-order valence-electron chi connectivity index (χ3n) is 2.79. The number of benzene rings is 2. The molecule has 0 fully saturated rings. The van der Waals surface area contributed by atoms with Gasteiger partial charge in [-0.2, -0.15) is 0 Å². The van der Waals surface area contributed by atoms with Gasteiger partial charge in [0.25, 0.3) is 0 Å². The number of rotatable bonds is 2. The second kappa shape index (κ2) is 5.94. The van der Waals surface area contributed by atoms with Gasteiger partial charge < -0.3 is 0 Å². The van der Waals surface area contributed by atoms with Crippen LogP contribution in [0, 0.1) is 22.1 Å². The van der Waals surface area contributed by atoms with Crippen LogP contribution in [0.2, 0.25) is 5.02 Å². The van der Waals surface area contributed by atoms with E-state index in [0.29, 0.717) is 14.7 Å². The summed E-state index contributed by atoms with van der Waals surface area (Å²) < 4.78 is 27.2. The highest BCUT2D eigenvalue weighted by atomic mass is 127. The molecular formula is C14H9Cl2F2I. The van der Waals surface area contributed by atoms with Crippen molar-refractivity contribution < 1.29 is 8.78 Å². The molecule has 0 heterocycles. The van der Waals surface area contributed by atoms with Gasteiger partial charge in [0.2, 0.25) is 0 Å². The molecule has 0 saturated heterocycles. The van der Waals surface area contributed by atoms with Gasteiger partial charge in [0, 0.05) is 8.59 Å². The minimum Gasteiger partial charge on any atom is -0.207 e. The van der Waals surface area contributed by atoms with E-state index >= 15 is 0 Å². The average Bonchev–Trinajstić information content (AvgIpc) is 2.33. The summed E-state index contributed by atoms with van der Waals surface area (Å²) in [6.45, 7) is 1.65. The third-order valence-corrected chi connectivity index (χ3v) is 4.52. The van der Waals surface area contributed by atoms with Crippen LogP contribution in [0.3, 0.4) is 0 Å². The van der Waals surface area contributed by atoms with Gasteiger partial charge in [0.05, 0.1) is 5.38 Å². The minimum absolute atomic E-state index is 0.267. The average molecular weight is 413 g/mol. The molecule has 0 saturated carbocycles. The largest absolute Gasteiger partial charge is 0.207 e. The molecule has 1 unspecified atom stereocenters. The Morgan fingerprint density at radius 1 is 1.11 bits per heavy atom. The van der Waals surface area contributed by atoms with E-state index in [2.05, 4.69) is 0 Å². The quantitative estimate of drug-likeness (QED) is 0.428. The molecule has 0 aromatic heterocycles. The van der Waals surface area contributed by atoms with Crippen LogP contribution >= 0.6 is 45.8 Å². The second-order valence-electron chi connectivity index (χ2n) is 4.15. The standard InChI is InChI=1S/C14H9Cl2F2I/c1-7-4-10(11(15)6-12(7)18)14(16)9-3-2-8(17)5-13(9)19/h2-6,14H,1H3. The van der Waals surface area contributed by atoms with Gasteiger partial charge >= 0.3 is 0 Å². The van der Waals surface area contributed by atoms with Crippen molar-refractivity contribution in [1.82, 2.24) is 0 Å². The first-order valence-corrected chi connectivity index (χ1v) is 7.34. The monoisotopic (exact) mass is 412 g/mol. The Balaban J connectivity index is 2.49. The van der Waals surface area contributed by atoms with Crippen molar-refractivity contribution in [2.45, 2.75) is 12.3 Å². The molecule has 0 spiro atoms. The predicted octanol–water partition coefficient (Wildman–Crippen LogP) is 5.86. The van der Waals surface area contributed by atoms with Gasteiger partial charge in [-0.1, -0.05) is 17.7 Å². The highest BCUT2D eigenvalue weighted by Gasteiger charge is 2.18. The number of halogens is 5. The van der Waals surface area contributed by atoms with E-state index < -0.39 is 5.38 Å². The highest BCUT2D eigenvalue weighted by molar-refractivity contribution is 14.1. The van der Waals surface area contributed by atoms with E-state index in [0.717, 1.165) is 5.56 Å². The molecule has 2 aromatic carbocycles. The van der Waals surface area contributed by atoms with Crippen LogP contribution in [0.1, 0.15) is 22.1 Å². The summed E-state index contributed by atoms with van der Waals surface area (Å²) in [6, 6.07) is 7.23. The van der Waals surface area contributed by atoms with Gasteiger partial charge in [0.1, 0.15) is 11.6 Å². The summed E-state index contributed by atoms with van der Waals surface area (Å²) in [4.78, 5) is 0. The number of alkyl halides is 1. The van der Waals surface area contributed by atoms with Gasteiger partial charge in [-0.05, 0) is 70.5 Å². The summed E-state index contributed by atoms with van der Waals surface area (Å²) in [5.41, 5.74) is 1.84. The predicted molar refractivity (Wildman–Crippen MR) is 83.0 cm³/mol. The molecule has 100 valence electrons. The first kappa shape index (κ1) is 15.0. The lowest BCUT2D eigenvalue weighted by molar-refractivity contribution is 0.617. The third kappa shape index (κ3) is 3.20. The fraction of sp³-hybridized carbons (Fsp3) is 0.143. The zero-order valence-electron chi connectivity index (χ0n) is 9.85. The van der Waals surface area contributed by atoms with Crippen molar-refractivity contribution in [2.24, 2.45) is 0 Å². The van der Waals surface area contributed by atoms with Gasteiger partial charge in [-0.15, -0.1) is 11.6 Å². The molecule has 0 radical (unpaired) electrons. The fourth-order valence-electron chi connectivity index (χ4n) is 1.75. The van der Waals surface area contributed by atoms with Crippen molar-refractivity contribution >= 4 is 45.8 Å². The lowest BCUT2D eigenvalue weighted by atomic mass is 10.0. The maximum absolute atomic E-state index is 13.4. The number of aryl methyl sites for hydroxylation is 1. The Hall–Kier alpha value is -0.390. The topological polar surface area (TPSA) is 0 Å². The molecule has 19 heavy (non-hydrogen) atoms. The van der Waals surface area contributed by atoms with Crippen LogP contribution < -0.4 is 0 Å². The van der Waals surface area contributed by atoms with Crippen LogP contribution in [0.15, 0.2) is 30.3 Å². The fourth-order valence-corrected chi connectivity index (χ4v) is 3.41. The van der Waals surface area contributed by atoms with Gasteiger partial charge in [-0.25, -0.2) is 8.78 Å². The Bertz CT molecular complexity index is 629. The molecule has 0 amide bonds. The van der Waals surface area contributed by atoms with Crippen LogP contribution in [-0.2, 0) is 0 Å². The van der Waals surface area contributed by atoms with E-state index in [9.17, 15) is 8.78 Å². The molecule has 2 aromatic rings. The summed E-state index contributed by atoms with van der Waals surface area (Å²) in [6.07, 6.45) is 0. The van der Waals surface area contributed by atoms with Crippen molar-refractivity contribution in [3.63, 3.8) is 0 Å². The summed E-state index contributed by atoms with van der Waals surface area (Å²) in [5.74, 6) is -0.690. The molecule has 0 bridgehead atoms. The molecule has 5 heteroatoms. The summed E-state index contributed by atoms with van der Waals surface area (Å²) >= 11 is 14.4. The molecule has 0 aliphatic carbocycles. The second-order valence-corrected chi connectivity index (χ2v) is 6.16. The molecule has 0 N–H and O–H groups in total. The van der Waals surface area contributed by atoms with Crippen LogP contribution in [-0.4, -0.2) is 0 Å². The van der Waals surface area contributed by atoms with Crippen molar-refractivity contribution in [1.29, 1.82) is 0 Å². The Morgan fingerprint density at radius 2 is 1.79 bits per heavy atom. The zero-order valence-corrected chi connectivity index (χ0v) is 13.5. The first-order chi connectivity index (χ1) is 8.90. The lowest BCUT2D eigenvalue weighted by Crippen LogP contribution is -1.99. The van der Waals surface area contributed by atoms with Crippen LogP contribution in [0.5, 0.6) is 0 Å². The minimum atomic E-state index is -0.542. The van der Waals surface area contributed by atoms with Crippen molar-refractivity contribution in [2.75, 3.05) is 0 Å². The van der Waals surface area contributed by atoms with Gasteiger partial charge in [-0.3, -0.25) is 0 Å². The van der Waals surface area contributed by atoms with E-state index in [1.54, 1.807) is 19.1 Å². The Labute approximate surface area is 133 Å². The zero-order chi connectivity index (χ0) is 14.2. The van der Waals surface area contributed by atoms with E-state index in [-0.39, 0.29) is 16.7 Å². The maximum atomic E-state index is 13.4. The van der Waals surface area contributed by atoms with E-state index in [1.165, 1.54) is 18.2 Å². The highest BCUT2D eigenvalue weighted by Crippen LogP contribution is 2.37. The van der Waals surface area contributed by atoms with Gasteiger partial charge in [0.15, 0.2) is 0 Å². The van der Waals surface area contributed by atoms with E-state index in [4.69, 9.17) is 23.2 Å². The van der Waals surface area contributed by atoms with Crippen molar-refractivity contribution in [3.8, 4) is 0 Å². The molecule has 0 aliphatic rings. The Morgan fingerprint density at radius 3 is 2.42 bits per heavy atom. The first-order valence-electron chi connectivity index (χ1n) is 5.44. The number of hydrogen-bond donors (Lipinski definition) is 0. The van der Waals surface area contributed by atoms with Crippen molar-refractivity contribution in [3.05, 3.63) is 67.2 Å². The molecule has 0 aliphatic heterocycles. The molecular weight excluding hydrogens is 404 g/mol.